The number of hydrogen-bond acceptors (Lipinski definition) is 5. The van der Waals surface area contributed by atoms with E-state index in [0.29, 0.717) is 29.4 Å². The van der Waals surface area contributed by atoms with Crippen LogP contribution < -0.4 is 14.8 Å². The molecular formula is C26H22F2N2O3S. The topological polar surface area (TPSA) is 60.5 Å². The van der Waals surface area contributed by atoms with Gasteiger partial charge in [-0.2, -0.15) is 0 Å². The molecule has 0 saturated carbocycles. The molecular weight excluding hydrogens is 458 g/mol. The first-order chi connectivity index (χ1) is 16.5. The number of rotatable bonds is 9. The van der Waals surface area contributed by atoms with Gasteiger partial charge in [-0.1, -0.05) is 24.3 Å². The van der Waals surface area contributed by atoms with Crippen molar-refractivity contribution in [3.05, 3.63) is 101 Å². The minimum Gasteiger partial charge on any atom is -0.497 e. The van der Waals surface area contributed by atoms with Crippen LogP contribution in [0, 0.1) is 11.6 Å². The molecule has 0 unspecified atom stereocenters. The fourth-order valence-electron chi connectivity index (χ4n) is 3.25. The van der Waals surface area contributed by atoms with Crippen molar-refractivity contribution in [3.8, 4) is 22.1 Å². The summed E-state index contributed by atoms with van der Waals surface area (Å²) in [4.78, 5) is 16.9. The molecule has 4 aromatic rings. The van der Waals surface area contributed by atoms with Gasteiger partial charge in [-0.3, -0.25) is 4.79 Å². The van der Waals surface area contributed by atoms with Crippen LogP contribution in [0.25, 0.3) is 10.6 Å². The zero-order chi connectivity index (χ0) is 23.9. The van der Waals surface area contributed by atoms with Crippen molar-refractivity contribution >= 4 is 17.2 Å². The summed E-state index contributed by atoms with van der Waals surface area (Å²) in [6.45, 7) is 0.380. The second-order valence-electron chi connectivity index (χ2n) is 7.44. The van der Waals surface area contributed by atoms with E-state index < -0.39 is 11.6 Å². The van der Waals surface area contributed by atoms with Gasteiger partial charge in [0.05, 0.1) is 7.11 Å². The van der Waals surface area contributed by atoms with E-state index in [0.717, 1.165) is 35.1 Å². The predicted octanol–water partition coefficient (Wildman–Crippen LogP) is 5.65. The van der Waals surface area contributed by atoms with Gasteiger partial charge in [0, 0.05) is 23.1 Å². The first kappa shape index (κ1) is 23.4. The number of methoxy groups -OCH3 is 1. The number of nitrogens with zero attached hydrogens (tertiary/aromatic N) is 1. The van der Waals surface area contributed by atoms with Crippen LogP contribution >= 0.6 is 11.3 Å². The Morgan fingerprint density at radius 2 is 1.85 bits per heavy atom. The summed E-state index contributed by atoms with van der Waals surface area (Å²) in [6.07, 6.45) is 0.692. The molecule has 0 aliphatic heterocycles. The van der Waals surface area contributed by atoms with Crippen molar-refractivity contribution in [1.82, 2.24) is 10.3 Å². The van der Waals surface area contributed by atoms with Gasteiger partial charge in [0.1, 0.15) is 40.4 Å². The standard InChI is InChI=1S/C26H22F2N2O3S/c1-32-21-8-5-17(6-9-21)11-12-29-25(31)24-16-34-26(30-24)18-3-2-4-22(14-18)33-15-19-13-20(27)7-10-23(19)28/h2-10,13-14,16H,11-12,15H2,1H3,(H,29,31). The van der Waals surface area contributed by atoms with Crippen molar-refractivity contribution in [3.63, 3.8) is 0 Å². The van der Waals surface area contributed by atoms with Gasteiger partial charge in [0.15, 0.2) is 0 Å². The van der Waals surface area contributed by atoms with Crippen LogP contribution in [0.5, 0.6) is 11.5 Å². The summed E-state index contributed by atoms with van der Waals surface area (Å²) in [7, 11) is 1.62. The monoisotopic (exact) mass is 480 g/mol. The Hall–Kier alpha value is -3.78. The second-order valence-corrected chi connectivity index (χ2v) is 8.30. The molecule has 4 rings (SSSR count). The minimum atomic E-state index is -0.528. The number of amides is 1. The molecule has 0 bridgehead atoms. The minimum absolute atomic E-state index is 0.104. The average molecular weight is 481 g/mol. The third-order valence-corrected chi connectivity index (χ3v) is 5.97. The summed E-state index contributed by atoms with van der Waals surface area (Å²) >= 11 is 1.34. The van der Waals surface area contributed by atoms with Gasteiger partial charge in [0.2, 0.25) is 0 Å². The van der Waals surface area contributed by atoms with E-state index in [4.69, 9.17) is 9.47 Å². The molecule has 5 nitrogen and oxygen atoms in total. The molecule has 174 valence electrons. The Kier molecular flexibility index (Phi) is 7.49. The zero-order valence-electron chi connectivity index (χ0n) is 18.4. The maximum Gasteiger partial charge on any atom is 0.270 e. The lowest BCUT2D eigenvalue weighted by atomic mass is 10.1. The van der Waals surface area contributed by atoms with Crippen molar-refractivity contribution in [2.45, 2.75) is 13.0 Å². The van der Waals surface area contributed by atoms with Gasteiger partial charge in [-0.05, 0) is 54.4 Å². The number of thiazole rings is 1. The Morgan fingerprint density at radius 1 is 1.03 bits per heavy atom. The van der Waals surface area contributed by atoms with Crippen LogP contribution in [-0.2, 0) is 13.0 Å². The molecule has 1 aromatic heterocycles. The quantitative estimate of drug-likeness (QED) is 0.336. The Morgan fingerprint density at radius 3 is 2.65 bits per heavy atom. The molecule has 1 N–H and O–H groups in total. The predicted molar refractivity (Wildman–Crippen MR) is 127 cm³/mol. The molecule has 34 heavy (non-hydrogen) atoms. The van der Waals surface area contributed by atoms with Crippen LogP contribution in [0.3, 0.4) is 0 Å². The molecule has 0 radical (unpaired) electrons. The van der Waals surface area contributed by atoms with Crippen LogP contribution in [0.1, 0.15) is 21.6 Å². The SMILES string of the molecule is COc1ccc(CCNC(=O)c2csc(-c3cccc(OCc4cc(F)ccc4F)c3)n2)cc1. The van der Waals surface area contributed by atoms with E-state index in [1.54, 1.807) is 30.7 Å². The number of benzene rings is 3. The van der Waals surface area contributed by atoms with Gasteiger partial charge in [-0.25, -0.2) is 13.8 Å². The van der Waals surface area contributed by atoms with Crippen LogP contribution in [0.4, 0.5) is 8.78 Å². The Balaban J connectivity index is 1.34. The molecule has 0 saturated heterocycles. The fraction of sp³-hybridized carbons (Fsp3) is 0.154. The molecule has 1 heterocycles. The summed E-state index contributed by atoms with van der Waals surface area (Å²) in [5, 5.41) is 5.24. The average Bonchev–Trinajstić information content (AvgIpc) is 3.36. The molecule has 0 spiro atoms. The van der Waals surface area contributed by atoms with Gasteiger partial charge in [-0.15, -0.1) is 11.3 Å². The summed E-state index contributed by atoms with van der Waals surface area (Å²) in [6, 6.07) is 18.0. The van der Waals surface area contributed by atoms with E-state index in [-0.39, 0.29) is 18.1 Å². The number of nitrogens with one attached hydrogen (secondary N) is 1. The summed E-state index contributed by atoms with van der Waals surface area (Å²) in [5.41, 5.74) is 2.32. The molecule has 0 atom stereocenters. The van der Waals surface area contributed by atoms with Gasteiger partial charge < -0.3 is 14.8 Å². The highest BCUT2D eigenvalue weighted by Crippen LogP contribution is 2.27. The van der Waals surface area contributed by atoms with Crippen LogP contribution in [0.15, 0.2) is 72.1 Å². The third-order valence-electron chi connectivity index (χ3n) is 5.08. The number of aromatic nitrogens is 1. The first-order valence-electron chi connectivity index (χ1n) is 10.6. The largest absolute Gasteiger partial charge is 0.497 e. The van der Waals surface area contributed by atoms with E-state index in [1.807, 2.05) is 30.3 Å². The number of carbonyl (C=O) groups is 1. The highest BCUT2D eigenvalue weighted by molar-refractivity contribution is 7.13. The van der Waals surface area contributed by atoms with E-state index in [1.165, 1.54) is 11.3 Å². The molecule has 8 heteroatoms. The van der Waals surface area contributed by atoms with E-state index in [2.05, 4.69) is 10.3 Å². The van der Waals surface area contributed by atoms with Crippen molar-refractivity contribution in [2.75, 3.05) is 13.7 Å². The Bertz CT molecular complexity index is 1280. The van der Waals surface area contributed by atoms with Gasteiger partial charge in [0.25, 0.3) is 5.91 Å². The molecule has 0 aliphatic carbocycles. The maximum atomic E-state index is 13.8. The maximum absolute atomic E-state index is 13.8. The normalized spacial score (nSPS) is 10.7. The lowest BCUT2D eigenvalue weighted by Gasteiger charge is -2.08. The number of hydrogen-bond donors (Lipinski definition) is 1. The lowest BCUT2D eigenvalue weighted by Crippen LogP contribution is -2.25. The molecule has 1 amide bonds. The molecule has 3 aromatic carbocycles. The van der Waals surface area contributed by atoms with Gasteiger partial charge >= 0.3 is 0 Å². The highest BCUT2D eigenvalue weighted by Gasteiger charge is 2.12. The smallest absolute Gasteiger partial charge is 0.270 e. The molecule has 0 fully saturated rings. The van der Waals surface area contributed by atoms with Crippen molar-refractivity contribution < 1.29 is 23.0 Å². The Labute approximate surface area is 200 Å². The van der Waals surface area contributed by atoms with E-state index in [9.17, 15) is 13.6 Å². The molecule has 0 aliphatic rings. The summed E-state index contributed by atoms with van der Waals surface area (Å²) < 4.78 is 37.9. The second kappa shape index (κ2) is 10.9. The zero-order valence-corrected chi connectivity index (χ0v) is 19.2. The number of halogens is 2. The first-order valence-corrected chi connectivity index (χ1v) is 11.4. The fourth-order valence-corrected chi connectivity index (χ4v) is 4.04. The van der Waals surface area contributed by atoms with Crippen molar-refractivity contribution in [2.24, 2.45) is 0 Å². The highest BCUT2D eigenvalue weighted by atomic mass is 32.1. The van der Waals surface area contributed by atoms with E-state index >= 15 is 0 Å². The lowest BCUT2D eigenvalue weighted by molar-refractivity contribution is 0.0950. The van der Waals surface area contributed by atoms with Crippen LogP contribution in [-0.4, -0.2) is 24.5 Å². The number of ether oxygens (including phenoxy) is 2. The third kappa shape index (κ3) is 5.96. The summed E-state index contributed by atoms with van der Waals surface area (Å²) in [5.74, 6) is -0.0169. The van der Waals surface area contributed by atoms with Crippen molar-refractivity contribution in [1.29, 1.82) is 0 Å². The van der Waals surface area contributed by atoms with Crippen LogP contribution in [0.2, 0.25) is 0 Å². The number of carbonyl (C=O) groups excluding carboxylic acids is 1.